The van der Waals surface area contributed by atoms with Crippen LogP contribution in [0.4, 0.5) is 45.6 Å². The van der Waals surface area contributed by atoms with Crippen LogP contribution in [0.3, 0.4) is 0 Å². The van der Waals surface area contributed by atoms with E-state index in [9.17, 15) is 48.3 Å². The van der Waals surface area contributed by atoms with Crippen molar-refractivity contribution in [2.45, 2.75) is 18.4 Å². The Morgan fingerprint density at radius 2 is 1.80 bits per heavy atom. The van der Waals surface area contributed by atoms with Gasteiger partial charge in [0.15, 0.2) is 11.6 Å². The number of anilines is 1. The molecule has 222 valence electrons. The van der Waals surface area contributed by atoms with E-state index < -0.39 is 103 Å². The molecule has 19 heteroatoms. The van der Waals surface area contributed by atoms with E-state index in [1.807, 2.05) is 0 Å². The van der Waals surface area contributed by atoms with Crippen LogP contribution in [0.25, 0.3) is 11.3 Å². The van der Waals surface area contributed by atoms with Crippen molar-refractivity contribution in [3.63, 3.8) is 0 Å². The van der Waals surface area contributed by atoms with Crippen LogP contribution < -0.4 is 9.64 Å². The molecule has 1 saturated heterocycles. The first kappa shape index (κ1) is 26.4. The number of amides is 1. The van der Waals surface area contributed by atoms with Gasteiger partial charge in [-0.3, -0.25) is 4.90 Å². The Bertz CT molecular complexity index is 1730. The molecule has 41 heavy (non-hydrogen) atoms. The Morgan fingerprint density at radius 3 is 2.37 bits per heavy atom. The Morgan fingerprint density at radius 1 is 1.15 bits per heavy atom. The minimum absolute atomic E-state index is 0.130. The lowest BCUT2D eigenvalue weighted by molar-refractivity contribution is -0.143. The van der Waals surface area contributed by atoms with Crippen LogP contribution in [0.1, 0.15) is 21.3 Å². The zero-order chi connectivity index (χ0) is 33.2. The number of hydrogen-bond acceptors (Lipinski definition) is 6. The van der Waals surface area contributed by atoms with Crippen molar-refractivity contribution in [3.8, 4) is 17.0 Å². The zero-order valence-electron chi connectivity index (χ0n) is 23.1. The summed E-state index contributed by atoms with van der Waals surface area (Å²) in [6.45, 7) is -4.01. The fourth-order valence-corrected chi connectivity index (χ4v) is 4.70. The van der Waals surface area contributed by atoms with Gasteiger partial charge in [-0.25, -0.2) is 26.7 Å². The molecule has 4 rings (SSSR count). The molecular weight excluding hydrogens is 618 g/mol. The fourth-order valence-electron chi connectivity index (χ4n) is 3.66. The Labute approximate surface area is 235 Å². The minimum atomic E-state index is -5.65. The first-order chi connectivity index (χ1) is 20.0. The summed E-state index contributed by atoms with van der Waals surface area (Å²) >= 11 is 5.45. The molecule has 0 atom stereocenters. The number of nitrogens with zero attached hydrogens (tertiary/aromatic N) is 5. The minimum Gasteiger partial charge on any atom is -0.409 e. The molecule has 2 heterocycles. The van der Waals surface area contributed by atoms with E-state index in [0.29, 0.717) is 12.1 Å². The second-order valence-electron chi connectivity index (χ2n) is 8.61. The number of halogens is 9. The molecule has 9 nitrogen and oxygen atoms in total. The molecule has 1 aromatic heterocycles. The van der Waals surface area contributed by atoms with Gasteiger partial charge in [-0.15, -0.1) is 5.10 Å². The third-order valence-electron chi connectivity index (χ3n) is 5.81. The van der Waals surface area contributed by atoms with Gasteiger partial charge >= 0.3 is 18.4 Å². The maximum Gasteiger partial charge on any atom is 0.420 e. The van der Waals surface area contributed by atoms with E-state index >= 15 is 0 Å². The maximum atomic E-state index is 14.7. The molecule has 1 amide bonds. The van der Waals surface area contributed by atoms with E-state index in [0.717, 1.165) is 21.4 Å². The predicted molar refractivity (Wildman–Crippen MR) is 127 cm³/mol. The predicted octanol–water partition coefficient (Wildman–Crippen LogP) is 5.37. The largest absolute Gasteiger partial charge is 0.420 e. The SMILES string of the molecule is [2H]C([2H])([2H])N(C(=O)Oc1c(-c2cn(C3CN(S(C)(=O)=O)C3)nn2)cc(C(F)(F)F)cc1C(F)(F)F)c1ccc(F)c(Cl)c1F. The number of aromatic nitrogens is 3. The van der Waals surface area contributed by atoms with Crippen molar-refractivity contribution in [1.29, 1.82) is 0 Å². The summed E-state index contributed by atoms with van der Waals surface area (Å²) in [7, 11) is -3.61. The van der Waals surface area contributed by atoms with Crippen molar-refractivity contribution in [2.75, 3.05) is 31.2 Å². The fraction of sp³-hybridized carbons (Fsp3) is 0.318. The number of benzene rings is 2. The van der Waals surface area contributed by atoms with Crippen LogP contribution in [0.15, 0.2) is 30.5 Å². The summed E-state index contributed by atoms with van der Waals surface area (Å²) in [5, 5.41) is 5.90. The highest BCUT2D eigenvalue weighted by molar-refractivity contribution is 7.88. The van der Waals surface area contributed by atoms with E-state index in [-0.39, 0.29) is 19.2 Å². The topological polar surface area (TPSA) is 97.6 Å². The molecule has 0 saturated carbocycles. The molecule has 1 aliphatic rings. The van der Waals surface area contributed by atoms with Gasteiger partial charge in [-0.1, -0.05) is 16.8 Å². The highest BCUT2D eigenvalue weighted by Gasteiger charge is 2.42. The average Bonchev–Trinajstić information content (AvgIpc) is 3.29. The Hall–Kier alpha value is -3.51. The van der Waals surface area contributed by atoms with Gasteiger partial charge in [-0.2, -0.15) is 30.6 Å². The maximum absolute atomic E-state index is 14.7. The van der Waals surface area contributed by atoms with Crippen LogP contribution in [-0.2, 0) is 22.4 Å². The van der Waals surface area contributed by atoms with Gasteiger partial charge < -0.3 is 4.74 Å². The first-order valence-corrected chi connectivity index (χ1v) is 13.1. The quantitative estimate of drug-likeness (QED) is 0.276. The second-order valence-corrected chi connectivity index (χ2v) is 11.0. The van der Waals surface area contributed by atoms with Crippen molar-refractivity contribution in [3.05, 3.63) is 58.2 Å². The first-order valence-electron chi connectivity index (χ1n) is 12.4. The van der Waals surface area contributed by atoms with E-state index in [4.69, 9.17) is 20.5 Å². The number of hydrogen-bond donors (Lipinski definition) is 0. The molecule has 0 aliphatic carbocycles. The molecule has 0 radical (unpaired) electrons. The number of carbonyl (C=O) groups is 1. The summed E-state index contributed by atoms with van der Waals surface area (Å²) in [6.07, 6.45) is -11.5. The second kappa shape index (κ2) is 10.4. The van der Waals surface area contributed by atoms with Crippen LogP contribution in [0.2, 0.25) is 5.02 Å². The third kappa shape index (κ3) is 6.08. The molecule has 2 aromatic carbocycles. The molecule has 0 spiro atoms. The average molecular weight is 637 g/mol. The summed E-state index contributed by atoms with van der Waals surface area (Å²) < 4.78 is 165. The Kier molecular flexibility index (Phi) is 6.69. The molecular formula is C22H16ClF8N5O4S. The van der Waals surface area contributed by atoms with Crippen LogP contribution in [0.5, 0.6) is 5.75 Å². The lowest BCUT2D eigenvalue weighted by Crippen LogP contribution is -2.50. The normalized spacial score (nSPS) is 16.5. The van der Waals surface area contributed by atoms with Crippen molar-refractivity contribution < 1.29 is 57.2 Å². The Balaban J connectivity index is 1.87. The van der Waals surface area contributed by atoms with Gasteiger partial charge in [0.25, 0.3) is 0 Å². The van der Waals surface area contributed by atoms with E-state index in [1.54, 1.807) is 0 Å². The summed E-state index contributed by atoms with van der Waals surface area (Å²) in [6, 6.07) is -0.123. The van der Waals surface area contributed by atoms with Crippen molar-refractivity contribution in [1.82, 2.24) is 19.3 Å². The number of ether oxygens (including phenoxy) is 1. The van der Waals surface area contributed by atoms with Gasteiger partial charge in [0.2, 0.25) is 10.0 Å². The van der Waals surface area contributed by atoms with Crippen LogP contribution in [-0.4, -0.2) is 60.1 Å². The van der Waals surface area contributed by atoms with Gasteiger partial charge in [-0.05, 0) is 24.3 Å². The van der Waals surface area contributed by atoms with Crippen LogP contribution in [0, 0.1) is 11.6 Å². The third-order valence-corrected chi connectivity index (χ3v) is 7.39. The number of sulfonamides is 1. The number of rotatable bonds is 5. The number of alkyl halides is 6. The van der Waals surface area contributed by atoms with Gasteiger partial charge in [0.1, 0.15) is 16.5 Å². The van der Waals surface area contributed by atoms with Gasteiger partial charge in [0, 0.05) is 29.7 Å². The van der Waals surface area contributed by atoms with E-state index in [2.05, 4.69) is 10.3 Å². The summed E-state index contributed by atoms with van der Waals surface area (Å²) in [5.74, 6) is -4.85. The summed E-state index contributed by atoms with van der Waals surface area (Å²) in [4.78, 5) is 12.6. The molecule has 0 N–H and O–H groups in total. The highest BCUT2D eigenvalue weighted by atomic mass is 35.5. The van der Waals surface area contributed by atoms with E-state index in [1.165, 1.54) is 0 Å². The summed E-state index contributed by atoms with van der Waals surface area (Å²) in [5.41, 5.74) is -7.17. The van der Waals surface area contributed by atoms with Crippen molar-refractivity contribution in [2.24, 2.45) is 0 Å². The van der Waals surface area contributed by atoms with Crippen molar-refractivity contribution >= 4 is 33.4 Å². The molecule has 0 unspecified atom stereocenters. The highest BCUT2D eigenvalue weighted by Crippen LogP contribution is 2.46. The van der Waals surface area contributed by atoms with Crippen LogP contribution >= 0.6 is 11.6 Å². The monoisotopic (exact) mass is 636 g/mol. The molecule has 3 aromatic rings. The molecule has 1 aliphatic heterocycles. The molecule has 1 fully saturated rings. The smallest absolute Gasteiger partial charge is 0.409 e. The standard InChI is InChI=1S/C22H16ClF8N5O4S/c1-34(16-4-3-14(24)17(23)18(16)25)20(37)40-19-12(5-10(21(26,27)28)6-13(19)22(29,30)31)15-9-36(33-32-15)11-7-35(8-11)41(2,38)39/h3-6,9,11H,7-8H2,1-2H3/i1D3. The lowest BCUT2D eigenvalue weighted by Gasteiger charge is -2.36. The molecule has 0 bridgehead atoms. The zero-order valence-corrected chi connectivity index (χ0v) is 21.6. The number of carbonyl (C=O) groups excluding carboxylic acids is 1. The van der Waals surface area contributed by atoms with Gasteiger partial charge in [0.05, 0.1) is 35.3 Å². The lowest BCUT2D eigenvalue weighted by atomic mass is 10.0.